The predicted molar refractivity (Wildman–Crippen MR) is 98.2 cm³/mol. The molecule has 0 aliphatic heterocycles. The Labute approximate surface area is 154 Å². The monoisotopic (exact) mass is 375 g/mol. The van der Waals surface area contributed by atoms with Crippen LogP contribution in [-0.4, -0.2) is 30.2 Å². The first-order valence-corrected chi connectivity index (χ1v) is 8.66. The van der Waals surface area contributed by atoms with Crippen molar-refractivity contribution in [3.8, 4) is 17.2 Å². The predicted octanol–water partition coefficient (Wildman–Crippen LogP) is 4.41. The molecule has 0 atom stereocenters. The third-order valence-electron chi connectivity index (χ3n) is 3.47. The van der Waals surface area contributed by atoms with E-state index in [0.717, 1.165) is 0 Å². The number of ether oxygens (including phenoxy) is 3. The summed E-state index contributed by atoms with van der Waals surface area (Å²) in [6, 6.07) is 11.7. The minimum absolute atomic E-state index is 0.109. The Bertz CT molecular complexity index is 872. The zero-order valence-electron chi connectivity index (χ0n) is 14.4. The maximum atomic E-state index is 14.4. The van der Waals surface area contributed by atoms with Crippen LogP contribution in [0.1, 0.15) is 5.82 Å². The Morgan fingerprint density at radius 1 is 1.08 bits per heavy atom. The first-order valence-electron chi connectivity index (χ1n) is 7.88. The van der Waals surface area contributed by atoms with Crippen LogP contribution in [0.4, 0.5) is 15.2 Å². The fraction of sp³-hybridized carbons (Fsp3) is 0.222. The second-order valence-corrected chi connectivity index (χ2v) is 6.03. The van der Waals surface area contributed by atoms with Gasteiger partial charge in [-0.2, -0.15) is 4.37 Å². The van der Waals surface area contributed by atoms with Crippen molar-refractivity contribution in [1.29, 1.82) is 0 Å². The van der Waals surface area contributed by atoms with E-state index in [1.165, 1.54) is 24.7 Å². The van der Waals surface area contributed by atoms with Crippen LogP contribution in [0.5, 0.6) is 17.2 Å². The largest absolute Gasteiger partial charge is 0.493 e. The summed E-state index contributed by atoms with van der Waals surface area (Å²) in [6.07, 6.45) is 0.634. The van der Waals surface area contributed by atoms with Gasteiger partial charge in [0.2, 0.25) is 5.13 Å². The van der Waals surface area contributed by atoms with Gasteiger partial charge in [-0.05, 0) is 24.3 Å². The minimum atomic E-state index is -0.495. The second kappa shape index (κ2) is 8.59. The van der Waals surface area contributed by atoms with E-state index in [0.29, 0.717) is 41.2 Å². The summed E-state index contributed by atoms with van der Waals surface area (Å²) >= 11 is 1.21. The van der Waals surface area contributed by atoms with Crippen LogP contribution >= 0.6 is 11.5 Å². The summed E-state index contributed by atoms with van der Waals surface area (Å²) in [4.78, 5) is 4.33. The summed E-state index contributed by atoms with van der Waals surface area (Å²) in [5.74, 6) is 1.28. The highest BCUT2D eigenvalue weighted by atomic mass is 32.1. The molecule has 6 nitrogen and oxygen atoms in total. The number of nitrogens with zero attached hydrogens (tertiary/aromatic N) is 2. The SMILES string of the molecule is COCCc1nsc(Nc2ccc(Oc3ccccc3OC)c(F)c2)n1. The number of hydrogen-bond donors (Lipinski definition) is 1. The van der Waals surface area contributed by atoms with Gasteiger partial charge in [-0.1, -0.05) is 12.1 Å². The summed E-state index contributed by atoms with van der Waals surface area (Å²) < 4.78 is 34.4. The molecule has 8 heteroatoms. The molecule has 0 fully saturated rings. The molecular formula is C18H18FN3O3S. The zero-order chi connectivity index (χ0) is 18.4. The van der Waals surface area contributed by atoms with Crippen LogP contribution in [0.15, 0.2) is 42.5 Å². The van der Waals surface area contributed by atoms with Crippen molar-refractivity contribution < 1.29 is 18.6 Å². The highest BCUT2D eigenvalue weighted by Crippen LogP contribution is 2.33. The maximum absolute atomic E-state index is 14.4. The number of para-hydroxylation sites is 2. The molecule has 26 heavy (non-hydrogen) atoms. The average Bonchev–Trinajstić information content (AvgIpc) is 3.10. The molecule has 1 aromatic heterocycles. The van der Waals surface area contributed by atoms with Gasteiger partial charge in [-0.25, -0.2) is 9.37 Å². The molecule has 0 saturated heterocycles. The van der Waals surface area contributed by atoms with Crippen molar-refractivity contribution in [3.05, 3.63) is 54.1 Å². The van der Waals surface area contributed by atoms with E-state index in [9.17, 15) is 4.39 Å². The van der Waals surface area contributed by atoms with Crippen LogP contribution < -0.4 is 14.8 Å². The van der Waals surface area contributed by atoms with Gasteiger partial charge in [0.25, 0.3) is 0 Å². The molecular weight excluding hydrogens is 357 g/mol. The average molecular weight is 375 g/mol. The number of rotatable bonds is 8. The third kappa shape index (κ3) is 4.47. The number of halogens is 1. The lowest BCUT2D eigenvalue weighted by atomic mass is 10.2. The van der Waals surface area contributed by atoms with Crippen LogP contribution in [0, 0.1) is 5.82 Å². The van der Waals surface area contributed by atoms with Gasteiger partial charge in [0.1, 0.15) is 5.82 Å². The normalized spacial score (nSPS) is 10.6. The van der Waals surface area contributed by atoms with Gasteiger partial charge < -0.3 is 19.5 Å². The second-order valence-electron chi connectivity index (χ2n) is 5.28. The minimum Gasteiger partial charge on any atom is -0.493 e. The van der Waals surface area contributed by atoms with E-state index < -0.39 is 5.82 Å². The van der Waals surface area contributed by atoms with Gasteiger partial charge in [0.05, 0.1) is 13.7 Å². The molecule has 136 valence electrons. The molecule has 2 aromatic carbocycles. The van der Waals surface area contributed by atoms with Gasteiger partial charge in [-0.3, -0.25) is 0 Å². The molecule has 1 N–H and O–H groups in total. The fourth-order valence-corrected chi connectivity index (χ4v) is 2.84. The molecule has 0 radical (unpaired) electrons. The Morgan fingerprint density at radius 2 is 1.88 bits per heavy atom. The van der Waals surface area contributed by atoms with Crippen molar-refractivity contribution in [2.45, 2.75) is 6.42 Å². The lowest BCUT2D eigenvalue weighted by molar-refractivity contribution is 0.201. The Hall–Kier alpha value is -2.71. The lowest BCUT2D eigenvalue weighted by Crippen LogP contribution is -1.97. The molecule has 0 aliphatic rings. The van der Waals surface area contributed by atoms with E-state index in [-0.39, 0.29) is 5.75 Å². The standard InChI is InChI=1S/C18H18FN3O3S/c1-23-10-9-17-21-18(26-22-17)20-12-7-8-14(13(19)11-12)25-16-6-4-3-5-15(16)24-2/h3-8,11H,9-10H2,1-2H3,(H,20,21,22). The highest BCUT2D eigenvalue weighted by Gasteiger charge is 2.11. The van der Waals surface area contributed by atoms with Gasteiger partial charge in [0.15, 0.2) is 23.1 Å². The highest BCUT2D eigenvalue weighted by molar-refractivity contribution is 7.09. The number of nitrogens with one attached hydrogen (secondary N) is 1. The van der Waals surface area contributed by atoms with Crippen LogP contribution in [0.3, 0.4) is 0 Å². The number of benzene rings is 2. The smallest absolute Gasteiger partial charge is 0.207 e. The topological polar surface area (TPSA) is 65.5 Å². The Morgan fingerprint density at radius 3 is 2.62 bits per heavy atom. The molecule has 0 bridgehead atoms. The van der Waals surface area contributed by atoms with E-state index in [4.69, 9.17) is 14.2 Å². The molecule has 3 rings (SSSR count). The summed E-state index contributed by atoms with van der Waals surface area (Å²) in [6.45, 7) is 0.555. The first kappa shape index (κ1) is 18.1. The van der Waals surface area contributed by atoms with Crippen molar-refractivity contribution in [2.75, 3.05) is 26.1 Å². The van der Waals surface area contributed by atoms with Gasteiger partial charge >= 0.3 is 0 Å². The van der Waals surface area contributed by atoms with Crippen molar-refractivity contribution in [1.82, 2.24) is 9.36 Å². The van der Waals surface area contributed by atoms with Crippen LogP contribution in [-0.2, 0) is 11.2 Å². The molecule has 0 spiro atoms. The molecule has 3 aromatic rings. The quantitative estimate of drug-likeness (QED) is 0.629. The lowest BCUT2D eigenvalue weighted by Gasteiger charge is -2.11. The van der Waals surface area contributed by atoms with Crippen molar-refractivity contribution >= 4 is 22.4 Å². The van der Waals surface area contributed by atoms with Crippen LogP contribution in [0.2, 0.25) is 0 Å². The summed E-state index contributed by atoms with van der Waals surface area (Å²) in [5.41, 5.74) is 0.560. The molecule has 0 saturated carbocycles. The molecule has 0 unspecified atom stereocenters. The zero-order valence-corrected chi connectivity index (χ0v) is 15.2. The van der Waals surface area contributed by atoms with E-state index in [1.54, 1.807) is 37.4 Å². The molecule has 1 heterocycles. The van der Waals surface area contributed by atoms with Gasteiger partial charge in [0, 0.05) is 36.8 Å². The Kier molecular flexibility index (Phi) is 5.98. The molecule has 0 amide bonds. The number of aromatic nitrogens is 2. The van der Waals surface area contributed by atoms with Crippen LogP contribution in [0.25, 0.3) is 0 Å². The maximum Gasteiger partial charge on any atom is 0.207 e. The van der Waals surface area contributed by atoms with E-state index >= 15 is 0 Å². The Balaban J connectivity index is 1.70. The van der Waals surface area contributed by atoms with Gasteiger partial charge in [-0.15, -0.1) is 0 Å². The fourth-order valence-electron chi connectivity index (χ4n) is 2.21. The van der Waals surface area contributed by atoms with E-state index in [1.807, 2.05) is 6.07 Å². The number of methoxy groups -OCH3 is 2. The molecule has 0 aliphatic carbocycles. The summed E-state index contributed by atoms with van der Waals surface area (Å²) in [7, 11) is 3.16. The number of anilines is 2. The van der Waals surface area contributed by atoms with E-state index in [2.05, 4.69) is 14.7 Å². The first-order chi connectivity index (χ1) is 12.7. The van der Waals surface area contributed by atoms with Crippen molar-refractivity contribution in [2.24, 2.45) is 0 Å². The van der Waals surface area contributed by atoms with Crippen molar-refractivity contribution in [3.63, 3.8) is 0 Å². The number of hydrogen-bond acceptors (Lipinski definition) is 7. The third-order valence-corrected chi connectivity index (χ3v) is 4.14. The summed E-state index contributed by atoms with van der Waals surface area (Å²) in [5, 5.41) is 3.63.